The fourth-order valence-electron chi connectivity index (χ4n) is 2.22. The number of aromatic nitrogens is 2. The van der Waals surface area contributed by atoms with E-state index in [0.29, 0.717) is 5.56 Å². The van der Waals surface area contributed by atoms with Crippen LogP contribution in [-0.4, -0.2) is 54.5 Å². The summed E-state index contributed by atoms with van der Waals surface area (Å²) in [4.78, 5) is 33.2. The van der Waals surface area contributed by atoms with Crippen molar-refractivity contribution in [1.82, 2.24) is 9.55 Å². The molecule has 0 saturated carbocycles. The van der Waals surface area contributed by atoms with E-state index in [-0.39, 0.29) is 5.82 Å². The number of aliphatic hydroxyl groups is 2. The van der Waals surface area contributed by atoms with E-state index < -0.39 is 44.7 Å². The molecule has 11 nitrogen and oxygen atoms in total. The van der Waals surface area contributed by atoms with Crippen LogP contribution in [0.5, 0.6) is 0 Å². The molecule has 1 aromatic heterocycles. The number of rotatable bonds is 5. The van der Waals surface area contributed by atoms with Crippen LogP contribution in [0.3, 0.4) is 0 Å². The summed E-state index contributed by atoms with van der Waals surface area (Å²) < 4.78 is 21.5. The topological polar surface area (TPSA) is 177 Å². The second kappa shape index (κ2) is 6.49. The highest BCUT2D eigenvalue weighted by atomic mass is 31.2. The molecule has 23 heavy (non-hydrogen) atoms. The molecule has 1 aliphatic rings. The first-order chi connectivity index (χ1) is 10.7. The molecule has 0 bridgehead atoms. The average molecular weight is 349 g/mol. The highest BCUT2D eigenvalue weighted by Gasteiger charge is 2.48. The number of aliphatic hydroxyl groups excluding tert-OH is 2. The Hall–Kier alpha value is -1.59. The van der Waals surface area contributed by atoms with Gasteiger partial charge in [-0.05, 0) is 0 Å². The third kappa shape index (κ3) is 3.67. The molecule has 1 aromatic rings. The van der Waals surface area contributed by atoms with Gasteiger partial charge in [-0.2, -0.15) is 4.98 Å². The van der Waals surface area contributed by atoms with E-state index in [1.54, 1.807) is 0 Å². The fraction of sp³-hybridized carbons (Fsp3) is 0.455. The van der Waals surface area contributed by atoms with E-state index in [4.69, 9.17) is 20.3 Å². The van der Waals surface area contributed by atoms with E-state index >= 15 is 0 Å². The highest BCUT2D eigenvalue weighted by molar-refractivity contribution is 7.46. The molecule has 128 valence electrons. The zero-order valence-electron chi connectivity index (χ0n) is 11.7. The predicted molar refractivity (Wildman–Crippen MR) is 76.9 cm³/mol. The lowest BCUT2D eigenvalue weighted by atomic mass is 10.1. The smallest absolute Gasteiger partial charge is 0.394 e. The molecule has 0 spiro atoms. The van der Waals surface area contributed by atoms with Crippen molar-refractivity contribution in [2.75, 3.05) is 12.3 Å². The Morgan fingerprint density at radius 1 is 1.57 bits per heavy atom. The minimum absolute atomic E-state index is 0.0736. The van der Waals surface area contributed by atoms with Crippen LogP contribution < -0.4 is 11.4 Å². The monoisotopic (exact) mass is 349 g/mol. The maximum atomic E-state index is 11.9. The molecule has 0 amide bonds. The highest BCUT2D eigenvalue weighted by Crippen LogP contribution is 2.43. The normalized spacial score (nSPS) is 28.0. The zero-order valence-corrected chi connectivity index (χ0v) is 12.6. The van der Waals surface area contributed by atoms with Crippen molar-refractivity contribution in [3.8, 4) is 0 Å². The summed E-state index contributed by atoms with van der Waals surface area (Å²) in [6.45, 7) is 2.81. The largest absolute Gasteiger partial charge is 0.470 e. The summed E-state index contributed by atoms with van der Waals surface area (Å²) in [6.07, 6.45) is -3.25. The molecule has 2 heterocycles. The van der Waals surface area contributed by atoms with Gasteiger partial charge < -0.3 is 30.5 Å². The molecule has 2 rings (SSSR count). The molecule has 1 saturated heterocycles. The number of nitrogens with two attached hydrogens (primary N) is 1. The third-order valence-electron chi connectivity index (χ3n) is 3.25. The summed E-state index contributed by atoms with van der Waals surface area (Å²) >= 11 is 0. The van der Waals surface area contributed by atoms with Gasteiger partial charge in [0, 0.05) is 11.8 Å². The number of nitrogen functional groups attached to an aromatic ring is 1. The molecule has 6 N–H and O–H groups in total. The van der Waals surface area contributed by atoms with Gasteiger partial charge in [-0.15, -0.1) is 0 Å². The number of phosphoric acid groups is 1. The van der Waals surface area contributed by atoms with Gasteiger partial charge >= 0.3 is 13.5 Å². The van der Waals surface area contributed by atoms with E-state index in [9.17, 15) is 19.6 Å². The van der Waals surface area contributed by atoms with Crippen LogP contribution in [0.25, 0.3) is 6.08 Å². The second-order valence-electron chi connectivity index (χ2n) is 4.77. The quantitative estimate of drug-likeness (QED) is 0.381. The number of nitrogens with zero attached hydrogens (tertiary/aromatic N) is 2. The van der Waals surface area contributed by atoms with Crippen LogP contribution >= 0.6 is 7.82 Å². The molecule has 1 fully saturated rings. The molecule has 0 aliphatic carbocycles. The van der Waals surface area contributed by atoms with Crippen molar-refractivity contribution in [2.45, 2.75) is 24.5 Å². The molecule has 1 aliphatic heterocycles. The van der Waals surface area contributed by atoms with Crippen molar-refractivity contribution in [2.24, 2.45) is 0 Å². The standard InChI is InChI=1S/C11H16N3O8P/c1-2-5-3-14(11(17)13-9(5)12)10-7(16)8(6(4-15)21-10)22-23(18,19)20/h2-3,6-8,10,15-16H,1,4H2,(H2,12,13,17)(H2,18,19,20)/t6-,7-,8-,10-/m1/s1. The minimum Gasteiger partial charge on any atom is -0.394 e. The summed E-state index contributed by atoms with van der Waals surface area (Å²) in [6, 6.07) is 0. The lowest BCUT2D eigenvalue weighted by Gasteiger charge is -2.20. The van der Waals surface area contributed by atoms with E-state index in [0.717, 1.165) is 4.57 Å². The predicted octanol–water partition coefficient (Wildman–Crippen LogP) is -1.80. The average Bonchev–Trinajstić information content (AvgIpc) is 2.74. The van der Waals surface area contributed by atoms with E-state index in [1.165, 1.54) is 12.3 Å². The molecule has 0 unspecified atom stereocenters. The lowest BCUT2D eigenvalue weighted by Crippen LogP contribution is -2.37. The number of hydrogen-bond donors (Lipinski definition) is 5. The lowest BCUT2D eigenvalue weighted by molar-refractivity contribution is -0.0548. The van der Waals surface area contributed by atoms with E-state index in [1.807, 2.05) is 0 Å². The molecular formula is C11H16N3O8P. The maximum Gasteiger partial charge on any atom is 0.470 e. The first-order valence-electron chi connectivity index (χ1n) is 6.37. The SMILES string of the molecule is C=Cc1cn([C@@H]2O[C@H](CO)[C@@H](OP(=O)(O)O)[C@H]2O)c(=O)nc1N. The minimum atomic E-state index is -4.95. The summed E-state index contributed by atoms with van der Waals surface area (Å²) in [5.74, 6) is -0.0736. The van der Waals surface area contributed by atoms with Crippen LogP contribution in [0.15, 0.2) is 17.6 Å². The Bertz CT molecular complexity index is 701. The van der Waals surface area contributed by atoms with Crippen molar-refractivity contribution in [1.29, 1.82) is 0 Å². The zero-order chi connectivity index (χ0) is 17.4. The van der Waals surface area contributed by atoms with Crippen molar-refractivity contribution in [3.05, 3.63) is 28.8 Å². The number of anilines is 1. The summed E-state index contributed by atoms with van der Waals surface area (Å²) in [7, 11) is -4.95. The van der Waals surface area contributed by atoms with Crippen LogP contribution in [0, 0.1) is 0 Å². The Balaban J connectivity index is 2.40. The first kappa shape index (κ1) is 17.8. The van der Waals surface area contributed by atoms with Crippen LogP contribution in [0.1, 0.15) is 11.8 Å². The molecule has 0 radical (unpaired) electrons. The van der Waals surface area contributed by atoms with Gasteiger partial charge in [-0.1, -0.05) is 12.7 Å². The van der Waals surface area contributed by atoms with Crippen molar-refractivity contribution in [3.63, 3.8) is 0 Å². The van der Waals surface area contributed by atoms with E-state index in [2.05, 4.69) is 16.1 Å². The number of hydrogen-bond acceptors (Lipinski definition) is 8. The van der Waals surface area contributed by atoms with Crippen LogP contribution in [0.4, 0.5) is 5.82 Å². The van der Waals surface area contributed by atoms with Gasteiger partial charge in [-0.3, -0.25) is 9.09 Å². The van der Waals surface area contributed by atoms with Crippen LogP contribution in [0.2, 0.25) is 0 Å². The third-order valence-corrected chi connectivity index (χ3v) is 3.77. The number of ether oxygens (including phenoxy) is 1. The molecular weight excluding hydrogens is 333 g/mol. The van der Waals surface area contributed by atoms with Gasteiger partial charge in [-0.25, -0.2) is 9.36 Å². The Morgan fingerprint density at radius 3 is 2.74 bits per heavy atom. The van der Waals surface area contributed by atoms with Gasteiger partial charge in [0.1, 0.15) is 24.1 Å². The number of phosphoric ester groups is 1. The Labute approximate surface area is 129 Å². The Kier molecular flexibility index (Phi) is 5.01. The van der Waals surface area contributed by atoms with Gasteiger partial charge in [0.2, 0.25) is 0 Å². The van der Waals surface area contributed by atoms with Gasteiger partial charge in [0.15, 0.2) is 6.23 Å². The van der Waals surface area contributed by atoms with Crippen LogP contribution in [-0.2, 0) is 13.8 Å². The molecule has 4 atom stereocenters. The van der Waals surface area contributed by atoms with Gasteiger partial charge in [0.05, 0.1) is 6.61 Å². The maximum absolute atomic E-state index is 11.9. The molecule has 12 heteroatoms. The van der Waals surface area contributed by atoms with Crippen molar-refractivity contribution < 1.29 is 33.8 Å². The molecule has 0 aromatic carbocycles. The Morgan fingerprint density at radius 2 is 2.22 bits per heavy atom. The summed E-state index contributed by atoms with van der Waals surface area (Å²) in [5, 5.41) is 19.4. The van der Waals surface area contributed by atoms with Crippen molar-refractivity contribution >= 4 is 19.7 Å². The fourth-order valence-corrected chi connectivity index (χ4v) is 2.80. The van der Waals surface area contributed by atoms with Gasteiger partial charge in [0.25, 0.3) is 0 Å². The second-order valence-corrected chi connectivity index (χ2v) is 5.97. The summed E-state index contributed by atoms with van der Waals surface area (Å²) in [5.41, 5.74) is 4.97. The first-order valence-corrected chi connectivity index (χ1v) is 7.90.